The predicted molar refractivity (Wildman–Crippen MR) is 47.3 cm³/mol. The van der Waals surface area contributed by atoms with Crippen LogP contribution in [0.1, 0.15) is 5.56 Å². The number of anilines is 1. The van der Waals surface area contributed by atoms with Crippen LogP contribution in [0.3, 0.4) is 0 Å². The Kier molecular flexibility index (Phi) is 2.70. The summed E-state index contributed by atoms with van der Waals surface area (Å²) in [5.41, 5.74) is 0.927. The fourth-order valence-corrected chi connectivity index (χ4v) is 0.959. The van der Waals surface area contributed by atoms with Gasteiger partial charge in [-0.2, -0.15) is 5.10 Å². The van der Waals surface area contributed by atoms with E-state index in [1.165, 1.54) is 0 Å². The van der Waals surface area contributed by atoms with Crippen LogP contribution in [0.2, 0.25) is 0 Å². The quantitative estimate of drug-likeness (QED) is 0.700. The lowest BCUT2D eigenvalue weighted by molar-refractivity contribution is -0.114. The Morgan fingerprint density at radius 2 is 2.50 bits per heavy atom. The number of alkyl halides is 1. The Bertz CT molecular complexity index is 275. The Labute approximate surface area is 75.5 Å². The molecule has 12 heavy (non-hydrogen) atoms. The van der Waals surface area contributed by atoms with E-state index in [-0.39, 0.29) is 11.8 Å². The van der Waals surface area contributed by atoms with Gasteiger partial charge < -0.3 is 5.32 Å². The molecule has 1 aromatic heterocycles. The van der Waals surface area contributed by atoms with Gasteiger partial charge in [-0.15, -0.1) is 11.6 Å². The number of halogens is 1. The SMILES string of the molecule is Cc1cnn(C)c1NC(=O)CCl. The molecule has 1 amide bonds. The first-order chi connectivity index (χ1) is 5.65. The standard InChI is InChI=1S/C7H10ClN3O/c1-5-4-9-11(2)7(5)10-6(12)3-8/h4H,3H2,1-2H3,(H,10,12). The van der Waals surface area contributed by atoms with Gasteiger partial charge in [0, 0.05) is 12.6 Å². The Morgan fingerprint density at radius 1 is 1.83 bits per heavy atom. The van der Waals surface area contributed by atoms with Crippen LogP contribution in [0.25, 0.3) is 0 Å². The third kappa shape index (κ3) is 1.76. The van der Waals surface area contributed by atoms with E-state index >= 15 is 0 Å². The van der Waals surface area contributed by atoms with Crippen molar-refractivity contribution in [1.29, 1.82) is 0 Å². The highest BCUT2D eigenvalue weighted by molar-refractivity contribution is 6.29. The minimum Gasteiger partial charge on any atom is -0.310 e. The summed E-state index contributed by atoms with van der Waals surface area (Å²) in [6.45, 7) is 1.87. The predicted octanol–water partition coefficient (Wildman–Crippen LogP) is 0.906. The fourth-order valence-electron chi connectivity index (χ4n) is 0.892. The van der Waals surface area contributed by atoms with E-state index < -0.39 is 0 Å². The molecule has 0 saturated heterocycles. The van der Waals surface area contributed by atoms with E-state index in [9.17, 15) is 4.79 Å². The largest absolute Gasteiger partial charge is 0.310 e. The van der Waals surface area contributed by atoms with Gasteiger partial charge in [-0.05, 0) is 6.92 Å². The van der Waals surface area contributed by atoms with Crippen molar-refractivity contribution in [2.75, 3.05) is 11.2 Å². The number of carbonyl (C=O) groups is 1. The number of amides is 1. The lowest BCUT2D eigenvalue weighted by Gasteiger charge is -2.03. The van der Waals surface area contributed by atoms with Crippen LogP contribution in [0.4, 0.5) is 5.82 Å². The number of aromatic nitrogens is 2. The van der Waals surface area contributed by atoms with Gasteiger partial charge in [0.2, 0.25) is 5.91 Å². The first kappa shape index (κ1) is 9.06. The molecule has 0 aliphatic carbocycles. The molecule has 66 valence electrons. The van der Waals surface area contributed by atoms with E-state index in [0.717, 1.165) is 5.56 Å². The third-order valence-corrected chi connectivity index (χ3v) is 1.74. The second-order valence-electron chi connectivity index (χ2n) is 2.48. The van der Waals surface area contributed by atoms with Crippen molar-refractivity contribution in [2.24, 2.45) is 7.05 Å². The summed E-state index contributed by atoms with van der Waals surface area (Å²) in [5.74, 6) is 0.439. The van der Waals surface area contributed by atoms with Crippen LogP contribution in [0, 0.1) is 6.92 Å². The topological polar surface area (TPSA) is 46.9 Å². The first-order valence-electron chi connectivity index (χ1n) is 3.49. The van der Waals surface area contributed by atoms with Crippen LogP contribution < -0.4 is 5.32 Å². The molecule has 0 atom stereocenters. The zero-order valence-corrected chi connectivity index (χ0v) is 7.72. The summed E-state index contributed by atoms with van der Waals surface area (Å²) in [6.07, 6.45) is 1.68. The zero-order chi connectivity index (χ0) is 9.14. The molecule has 0 aliphatic rings. The van der Waals surface area contributed by atoms with Crippen molar-refractivity contribution in [3.05, 3.63) is 11.8 Å². The molecule has 0 aliphatic heterocycles. The molecule has 4 nitrogen and oxygen atoms in total. The molecule has 0 unspecified atom stereocenters. The molecule has 0 saturated carbocycles. The Hall–Kier alpha value is -1.03. The summed E-state index contributed by atoms with van der Waals surface area (Å²) >= 11 is 5.33. The van der Waals surface area contributed by atoms with Gasteiger partial charge >= 0.3 is 0 Å². The van der Waals surface area contributed by atoms with Crippen molar-refractivity contribution in [2.45, 2.75) is 6.92 Å². The summed E-state index contributed by atoms with van der Waals surface area (Å²) < 4.78 is 1.60. The molecule has 0 radical (unpaired) electrons. The van der Waals surface area contributed by atoms with Gasteiger partial charge in [0.15, 0.2) is 0 Å². The number of nitrogens with one attached hydrogen (secondary N) is 1. The van der Waals surface area contributed by atoms with Crippen LogP contribution in [0.5, 0.6) is 0 Å². The third-order valence-electron chi connectivity index (χ3n) is 1.50. The van der Waals surface area contributed by atoms with Crippen molar-refractivity contribution in [1.82, 2.24) is 9.78 Å². The highest BCUT2D eigenvalue weighted by Gasteiger charge is 2.06. The normalized spacial score (nSPS) is 9.92. The van der Waals surface area contributed by atoms with Gasteiger partial charge in [-0.3, -0.25) is 9.48 Å². The van der Waals surface area contributed by atoms with E-state index in [0.29, 0.717) is 5.82 Å². The minimum atomic E-state index is -0.219. The minimum absolute atomic E-state index is 0.0371. The van der Waals surface area contributed by atoms with Crippen LogP contribution >= 0.6 is 11.6 Å². The lowest BCUT2D eigenvalue weighted by Crippen LogP contribution is -2.15. The van der Waals surface area contributed by atoms with Crippen LogP contribution in [0.15, 0.2) is 6.20 Å². The smallest absolute Gasteiger partial charge is 0.240 e. The zero-order valence-electron chi connectivity index (χ0n) is 6.97. The molecule has 0 fully saturated rings. The molecule has 0 spiro atoms. The molecular weight excluding hydrogens is 178 g/mol. The average molecular weight is 188 g/mol. The second kappa shape index (κ2) is 3.58. The van der Waals surface area contributed by atoms with Gasteiger partial charge in [-0.25, -0.2) is 0 Å². The van der Waals surface area contributed by atoms with Crippen molar-refractivity contribution >= 4 is 23.3 Å². The van der Waals surface area contributed by atoms with Crippen LogP contribution in [-0.4, -0.2) is 21.6 Å². The number of carbonyl (C=O) groups excluding carboxylic acids is 1. The average Bonchev–Trinajstić information content (AvgIpc) is 2.35. The van der Waals surface area contributed by atoms with Gasteiger partial charge in [-0.1, -0.05) is 0 Å². The maximum absolute atomic E-state index is 10.9. The summed E-state index contributed by atoms with van der Waals surface area (Å²) in [7, 11) is 1.76. The van der Waals surface area contributed by atoms with Crippen molar-refractivity contribution < 1.29 is 4.79 Å². The number of hydrogen-bond donors (Lipinski definition) is 1. The monoisotopic (exact) mass is 187 g/mol. The highest BCUT2D eigenvalue weighted by Crippen LogP contribution is 2.11. The van der Waals surface area contributed by atoms with Crippen LogP contribution in [-0.2, 0) is 11.8 Å². The molecule has 1 heterocycles. The lowest BCUT2D eigenvalue weighted by atomic mass is 10.4. The Morgan fingerprint density at radius 3 is 2.92 bits per heavy atom. The summed E-state index contributed by atoms with van der Waals surface area (Å²) in [5, 5.41) is 6.60. The fraction of sp³-hybridized carbons (Fsp3) is 0.429. The molecule has 1 aromatic rings. The Balaban J connectivity index is 2.80. The van der Waals surface area contributed by atoms with E-state index in [1.54, 1.807) is 17.9 Å². The molecule has 1 rings (SSSR count). The molecule has 1 N–H and O–H groups in total. The first-order valence-corrected chi connectivity index (χ1v) is 4.03. The van der Waals surface area contributed by atoms with E-state index in [1.807, 2.05) is 6.92 Å². The van der Waals surface area contributed by atoms with E-state index in [2.05, 4.69) is 10.4 Å². The summed E-state index contributed by atoms with van der Waals surface area (Å²) in [4.78, 5) is 10.9. The number of aryl methyl sites for hydroxylation is 2. The molecule has 0 aromatic carbocycles. The maximum Gasteiger partial charge on any atom is 0.240 e. The van der Waals surface area contributed by atoms with Gasteiger partial charge in [0.1, 0.15) is 11.7 Å². The molecule has 0 bridgehead atoms. The van der Waals surface area contributed by atoms with Gasteiger partial charge in [0.05, 0.1) is 6.20 Å². The van der Waals surface area contributed by atoms with Gasteiger partial charge in [0.25, 0.3) is 0 Å². The number of rotatable bonds is 2. The van der Waals surface area contributed by atoms with Crippen molar-refractivity contribution in [3.8, 4) is 0 Å². The van der Waals surface area contributed by atoms with E-state index in [4.69, 9.17) is 11.6 Å². The van der Waals surface area contributed by atoms with Crippen molar-refractivity contribution in [3.63, 3.8) is 0 Å². The highest BCUT2D eigenvalue weighted by atomic mass is 35.5. The maximum atomic E-state index is 10.9. The summed E-state index contributed by atoms with van der Waals surface area (Å²) in [6, 6.07) is 0. The molecular formula is C7H10ClN3O. The second-order valence-corrected chi connectivity index (χ2v) is 2.75. The number of nitrogens with zero attached hydrogens (tertiary/aromatic N) is 2. The number of hydrogen-bond acceptors (Lipinski definition) is 2. The molecule has 5 heteroatoms.